The number of halogens is 1. The summed E-state index contributed by atoms with van der Waals surface area (Å²) in [5.74, 6) is -0.476. The number of sulfonamides is 1. The zero-order valence-electron chi connectivity index (χ0n) is 16.5. The van der Waals surface area contributed by atoms with Gasteiger partial charge in [0.1, 0.15) is 11.6 Å². The second-order valence-electron chi connectivity index (χ2n) is 6.72. The van der Waals surface area contributed by atoms with Crippen LogP contribution in [-0.2, 0) is 14.8 Å². The molecular weight excluding hydrogens is 407 g/mol. The fourth-order valence-corrected chi connectivity index (χ4v) is 3.66. The third-order valence-corrected chi connectivity index (χ3v) is 5.79. The van der Waals surface area contributed by atoms with Crippen LogP contribution in [0.2, 0.25) is 0 Å². The van der Waals surface area contributed by atoms with Crippen LogP contribution in [0, 0.1) is 19.7 Å². The van der Waals surface area contributed by atoms with Crippen LogP contribution in [0.3, 0.4) is 0 Å². The van der Waals surface area contributed by atoms with E-state index in [4.69, 9.17) is 4.74 Å². The first-order chi connectivity index (χ1) is 14.2. The number of carbonyl (C=O) groups excluding carboxylic acids is 1. The highest BCUT2D eigenvalue weighted by Gasteiger charge is 2.15. The lowest BCUT2D eigenvalue weighted by atomic mass is 10.1. The van der Waals surface area contributed by atoms with Crippen LogP contribution >= 0.6 is 0 Å². The van der Waals surface area contributed by atoms with Crippen LogP contribution in [0.4, 0.5) is 15.8 Å². The fraction of sp³-hybridized carbons (Fsp3) is 0.136. The molecule has 156 valence electrons. The minimum atomic E-state index is -3.75. The molecule has 1 amide bonds. The Bertz CT molecular complexity index is 1140. The first-order valence-corrected chi connectivity index (χ1v) is 10.6. The molecule has 3 aromatic rings. The average molecular weight is 428 g/mol. The Morgan fingerprint density at radius 2 is 1.53 bits per heavy atom. The molecule has 0 aliphatic rings. The summed E-state index contributed by atoms with van der Waals surface area (Å²) >= 11 is 0. The lowest BCUT2D eigenvalue weighted by Crippen LogP contribution is -2.20. The number of amides is 1. The van der Waals surface area contributed by atoms with Gasteiger partial charge in [0.05, 0.1) is 4.90 Å². The summed E-state index contributed by atoms with van der Waals surface area (Å²) < 4.78 is 45.9. The second-order valence-corrected chi connectivity index (χ2v) is 8.40. The molecule has 0 heterocycles. The number of anilines is 2. The first kappa shape index (κ1) is 21.3. The molecule has 8 heteroatoms. The minimum absolute atomic E-state index is 0.0730. The van der Waals surface area contributed by atoms with Crippen LogP contribution in [0.25, 0.3) is 0 Å². The number of nitrogens with one attached hydrogen (secondary N) is 2. The zero-order chi connectivity index (χ0) is 21.7. The predicted molar refractivity (Wildman–Crippen MR) is 114 cm³/mol. The van der Waals surface area contributed by atoms with Crippen molar-refractivity contribution in [3.63, 3.8) is 0 Å². The van der Waals surface area contributed by atoms with Crippen molar-refractivity contribution in [2.24, 2.45) is 0 Å². The van der Waals surface area contributed by atoms with Gasteiger partial charge in [-0.1, -0.05) is 6.07 Å². The Hall–Kier alpha value is -3.39. The highest BCUT2D eigenvalue weighted by atomic mass is 32.2. The van der Waals surface area contributed by atoms with Gasteiger partial charge in [0.15, 0.2) is 6.61 Å². The molecule has 0 aliphatic carbocycles. The lowest BCUT2D eigenvalue weighted by Gasteiger charge is -2.11. The number of hydrogen-bond acceptors (Lipinski definition) is 4. The summed E-state index contributed by atoms with van der Waals surface area (Å²) in [5, 5.41) is 2.57. The van der Waals surface area contributed by atoms with E-state index in [-0.39, 0.29) is 11.5 Å². The SMILES string of the molecule is Cc1ccc(NS(=O)(=O)c2ccc(OCC(=O)Nc3ccc(F)cc3)cc2)cc1C. The highest BCUT2D eigenvalue weighted by Crippen LogP contribution is 2.21. The molecule has 0 aliphatic heterocycles. The number of ether oxygens (including phenoxy) is 1. The van der Waals surface area contributed by atoms with Gasteiger partial charge >= 0.3 is 0 Å². The summed E-state index contributed by atoms with van der Waals surface area (Å²) in [5.41, 5.74) is 2.99. The topological polar surface area (TPSA) is 84.5 Å². The molecule has 3 rings (SSSR count). The average Bonchev–Trinajstić information content (AvgIpc) is 2.71. The van der Waals surface area contributed by atoms with Crippen molar-refractivity contribution in [3.05, 3.63) is 83.7 Å². The number of hydrogen-bond donors (Lipinski definition) is 2. The predicted octanol–water partition coefficient (Wildman–Crippen LogP) is 4.26. The quantitative estimate of drug-likeness (QED) is 0.589. The van der Waals surface area contributed by atoms with Crippen molar-refractivity contribution in [1.29, 1.82) is 0 Å². The van der Waals surface area contributed by atoms with E-state index in [0.29, 0.717) is 17.1 Å². The molecule has 0 atom stereocenters. The maximum absolute atomic E-state index is 12.9. The molecule has 0 aromatic heterocycles. The number of benzene rings is 3. The lowest BCUT2D eigenvalue weighted by molar-refractivity contribution is -0.118. The summed E-state index contributed by atoms with van der Waals surface area (Å²) in [4.78, 5) is 12.0. The normalized spacial score (nSPS) is 11.0. The molecule has 0 radical (unpaired) electrons. The summed E-state index contributed by atoms with van der Waals surface area (Å²) in [6.07, 6.45) is 0. The van der Waals surface area contributed by atoms with Gasteiger partial charge in [0.2, 0.25) is 0 Å². The van der Waals surface area contributed by atoms with Crippen molar-refractivity contribution in [2.75, 3.05) is 16.6 Å². The van der Waals surface area contributed by atoms with Crippen LogP contribution in [0.15, 0.2) is 71.6 Å². The molecular formula is C22H21FN2O4S. The van der Waals surface area contributed by atoms with E-state index in [0.717, 1.165) is 11.1 Å². The van der Waals surface area contributed by atoms with Crippen LogP contribution < -0.4 is 14.8 Å². The van der Waals surface area contributed by atoms with E-state index >= 15 is 0 Å². The van der Waals surface area contributed by atoms with E-state index in [1.807, 2.05) is 19.9 Å². The molecule has 0 fully saturated rings. The Morgan fingerprint density at radius 3 is 2.17 bits per heavy atom. The van der Waals surface area contributed by atoms with Gasteiger partial charge in [-0.15, -0.1) is 0 Å². The fourth-order valence-electron chi connectivity index (χ4n) is 2.61. The van der Waals surface area contributed by atoms with Crippen molar-refractivity contribution < 1.29 is 22.3 Å². The van der Waals surface area contributed by atoms with Gasteiger partial charge in [-0.2, -0.15) is 0 Å². The standard InChI is InChI=1S/C22H21FN2O4S/c1-15-3-6-19(13-16(15)2)25-30(27,28)21-11-9-20(10-12-21)29-14-22(26)24-18-7-4-17(23)5-8-18/h3-13,25H,14H2,1-2H3,(H,24,26). The van der Waals surface area contributed by atoms with E-state index in [1.165, 1.54) is 48.5 Å². The van der Waals surface area contributed by atoms with Crippen LogP contribution in [-0.4, -0.2) is 20.9 Å². The monoisotopic (exact) mass is 428 g/mol. The molecule has 3 aromatic carbocycles. The van der Waals surface area contributed by atoms with Crippen molar-refractivity contribution in [2.45, 2.75) is 18.7 Å². The largest absolute Gasteiger partial charge is 0.484 e. The molecule has 0 bridgehead atoms. The molecule has 0 spiro atoms. The number of aryl methyl sites for hydroxylation is 2. The maximum Gasteiger partial charge on any atom is 0.262 e. The first-order valence-electron chi connectivity index (χ1n) is 9.11. The molecule has 0 unspecified atom stereocenters. The summed E-state index contributed by atoms with van der Waals surface area (Å²) in [7, 11) is -3.75. The minimum Gasteiger partial charge on any atom is -0.484 e. The second kappa shape index (κ2) is 8.96. The van der Waals surface area contributed by atoms with Gasteiger partial charge in [0, 0.05) is 11.4 Å². The zero-order valence-corrected chi connectivity index (χ0v) is 17.3. The molecule has 6 nitrogen and oxygen atoms in total. The molecule has 2 N–H and O–H groups in total. The third kappa shape index (κ3) is 5.57. The van der Waals surface area contributed by atoms with Crippen molar-refractivity contribution in [1.82, 2.24) is 0 Å². The Labute approximate surface area is 174 Å². The third-order valence-electron chi connectivity index (χ3n) is 4.39. The van der Waals surface area contributed by atoms with Crippen molar-refractivity contribution in [3.8, 4) is 5.75 Å². The smallest absolute Gasteiger partial charge is 0.262 e. The summed E-state index contributed by atoms with van der Waals surface area (Å²) in [6.45, 7) is 3.59. The van der Waals surface area contributed by atoms with Crippen LogP contribution in [0.5, 0.6) is 5.75 Å². The maximum atomic E-state index is 12.9. The van der Waals surface area contributed by atoms with E-state index in [1.54, 1.807) is 12.1 Å². The van der Waals surface area contributed by atoms with Crippen molar-refractivity contribution >= 4 is 27.3 Å². The van der Waals surface area contributed by atoms with E-state index < -0.39 is 21.7 Å². The Balaban J connectivity index is 1.58. The molecule has 0 saturated carbocycles. The van der Waals surface area contributed by atoms with Gasteiger partial charge in [-0.25, -0.2) is 12.8 Å². The summed E-state index contributed by atoms with van der Waals surface area (Å²) in [6, 6.07) is 16.4. The van der Waals surface area contributed by atoms with Gasteiger partial charge in [-0.3, -0.25) is 9.52 Å². The Kier molecular flexibility index (Phi) is 6.37. The highest BCUT2D eigenvalue weighted by molar-refractivity contribution is 7.92. The van der Waals surface area contributed by atoms with E-state index in [9.17, 15) is 17.6 Å². The number of rotatable bonds is 7. The van der Waals surface area contributed by atoms with Gasteiger partial charge in [-0.05, 0) is 85.6 Å². The molecule has 0 saturated heterocycles. The van der Waals surface area contributed by atoms with Gasteiger partial charge < -0.3 is 10.1 Å². The number of carbonyl (C=O) groups is 1. The van der Waals surface area contributed by atoms with E-state index in [2.05, 4.69) is 10.0 Å². The van der Waals surface area contributed by atoms with Crippen LogP contribution in [0.1, 0.15) is 11.1 Å². The van der Waals surface area contributed by atoms with Gasteiger partial charge in [0.25, 0.3) is 15.9 Å². The molecule has 30 heavy (non-hydrogen) atoms. The Morgan fingerprint density at radius 1 is 0.900 bits per heavy atom.